The Balaban J connectivity index is 2.16. The third-order valence-corrected chi connectivity index (χ3v) is 3.63. The molecule has 0 aromatic carbocycles. The lowest BCUT2D eigenvalue weighted by molar-refractivity contribution is -0.149. The van der Waals surface area contributed by atoms with Gasteiger partial charge in [-0.15, -0.1) is 0 Å². The highest BCUT2D eigenvalue weighted by molar-refractivity contribution is 5.73. The molecule has 0 aliphatic heterocycles. The van der Waals surface area contributed by atoms with Gasteiger partial charge in [0.05, 0.1) is 18.4 Å². The molecule has 2 aliphatic rings. The molecule has 0 aromatic heterocycles. The highest BCUT2D eigenvalue weighted by Gasteiger charge is 2.51. The van der Waals surface area contributed by atoms with Crippen molar-refractivity contribution in [2.75, 3.05) is 0 Å². The first-order valence-electron chi connectivity index (χ1n) is 5.31. The zero-order chi connectivity index (χ0) is 11.9. The summed E-state index contributed by atoms with van der Waals surface area (Å²) in [5, 5.41) is 27.5. The second-order valence-corrected chi connectivity index (χ2v) is 4.55. The smallest absolute Gasteiger partial charge is 0.307 e. The highest BCUT2D eigenvalue weighted by atomic mass is 16.4. The van der Waals surface area contributed by atoms with Crippen LogP contribution >= 0.6 is 0 Å². The molecule has 0 amide bonds. The Morgan fingerprint density at radius 1 is 1.25 bits per heavy atom. The number of allylic oxidation sites excluding steroid dienone is 2. The fourth-order valence-electron chi connectivity index (χ4n) is 3.05. The molecule has 5 atom stereocenters. The van der Waals surface area contributed by atoms with Crippen LogP contribution in [-0.4, -0.2) is 33.4 Å². The van der Waals surface area contributed by atoms with E-state index in [1.807, 2.05) is 12.2 Å². The Morgan fingerprint density at radius 2 is 1.88 bits per heavy atom. The topological polar surface area (TPSA) is 94.8 Å². The van der Waals surface area contributed by atoms with Gasteiger partial charge in [0.15, 0.2) is 0 Å². The first-order valence-corrected chi connectivity index (χ1v) is 5.31. The molecule has 1 saturated carbocycles. The van der Waals surface area contributed by atoms with E-state index in [2.05, 4.69) is 0 Å². The summed E-state index contributed by atoms with van der Waals surface area (Å²) in [5.41, 5.74) is 0. The van der Waals surface area contributed by atoms with Crippen LogP contribution in [0.3, 0.4) is 0 Å². The SMILES string of the molecule is O=C(O)CC(O)C1C2C=CC(C2)C1C(=O)O. The Morgan fingerprint density at radius 3 is 2.44 bits per heavy atom. The average Bonchev–Trinajstić information content (AvgIpc) is 2.74. The molecular formula is C11H14O5. The maximum absolute atomic E-state index is 11.1. The quantitative estimate of drug-likeness (QED) is 0.601. The molecule has 0 aromatic rings. The molecule has 2 rings (SSSR count). The van der Waals surface area contributed by atoms with Crippen LogP contribution in [0, 0.1) is 23.7 Å². The standard InChI is InChI=1S/C11H14O5/c12-7(4-8(13)14)9-5-1-2-6(3-5)10(9)11(15)16/h1-2,5-7,9-10,12H,3-4H2,(H,13,14)(H,15,16). The fourth-order valence-corrected chi connectivity index (χ4v) is 3.05. The lowest BCUT2D eigenvalue weighted by Gasteiger charge is -2.28. The van der Waals surface area contributed by atoms with Gasteiger partial charge >= 0.3 is 11.9 Å². The molecule has 0 saturated heterocycles. The maximum Gasteiger partial charge on any atom is 0.307 e. The van der Waals surface area contributed by atoms with Gasteiger partial charge in [0.1, 0.15) is 0 Å². The van der Waals surface area contributed by atoms with Crippen molar-refractivity contribution in [3.63, 3.8) is 0 Å². The third-order valence-electron chi connectivity index (χ3n) is 3.63. The van der Waals surface area contributed by atoms with Crippen molar-refractivity contribution in [2.45, 2.75) is 18.9 Å². The van der Waals surface area contributed by atoms with E-state index in [0.29, 0.717) is 0 Å². The summed E-state index contributed by atoms with van der Waals surface area (Å²) in [6.45, 7) is 0. The third kappa shape index (κ3) is 1.71. The van der Waals surface area contributed by atoms with E-state index >= 15 is 0 Å². The molecule has 5 heteroatoms. The Bertz CT molecular complexity index is 348. The zero-order valence-electron chi connectivity index (χ0n) is 8.61. The number of rotatable bonds is 4. The van der Waals surface area contributed by atoms with Crippen LogP contribution in [0.5, 0.6) is 0 Å². The van der Waals surface area contributed by atoms with Crippen molar-refractivity contribution in [3.8, 4) is 0 Å². The van der Waals surface area contributed by atoms with Gasteiger partial charge in [-0.1, -0.05) is 12.2 Å². The first kappa shape index (κ1) is 11.1. The van der Waals surface area contributed by atoms with Crippen LogP contribution in [0.1, 0.15) is 12.8 Å². The van der Waals surface area contributed by atoms with Gasteiger partial charge < -0.3 is 15.3 Å². The number of aliphatic hydroxyl groups is 1. The molecule has 2 bridgehead atoms. The molecule has 0 radical (unpaired) electrons. The number of hydrogen-bond donors (Lipinski definition) is 3. The predicted octanol–water partition coefficient (Wildman–Crippen LogP) is 0.345. The van der Waals surface area contributed by atoms with Crippen molar-refractivity contribution < 1.29 is 24.9 Å². The molecular weight excluding hydrogens is 212 g/mol. The van der Waals surface area contributed by atoms with Crippen LogP contribution < -0.4 is 0 Å². The van der Waals surface area contributed by atoms with Crippen molar-refractivity contribution in [1.82, 2.24) is 0 Å². The van der Waals surface area contributed by atoms with Crippen molar-refractivity contribution in [2.24, 2.45) is 23.7 Å². The van der Waals surface area contributed by atoms with E-state index in [0.717, 1.165) is 6.42 Å². The number of carboxylic acid groups (broad SMARTS) is 2. The van der Waals surface area contributed by atoms with Gasteiger partial charge in [-0.2, -0.15) is 0 Å². The summed E-state index contributed by atoms with van der Waals surface area (Å²) in [7, 11) is 0. The van der Waals surface area contributed by atoms with Gasteiger partial charge in [-0.3, -0.25) is 9.59 Å². The number of hydrogen-bond acceptors (Lipinski definition) is 3. The molecule has 16 heavy (non-hydrogen) atoms. The van der Waals surface area contributed by atoms with E-state index in [9.17, 15) is 14.7 Å². The summed E-state index contributed by atoms with van der Waals surface area (Å²) in [4.78, 5) is 21.6. The van der Waals surface area contributed by atoms with Crippen molar-refractivity contribution >= 4 is 11.9 Å². The largest absolute Gasteiger partial charge is 0.481 e. The minimum atomic E-state index is -1.09. The molecule has 0 spiro atoms. The van der Waals surface area contributed by atoms with Gasteiger partial charge in [0.2, 0.25) is 0 Å². The fraction of sp³-hybridized carbons (Fsp3) is 0.636. The van der Waals surface area contributed by atoms with Gasteiger partial charge in [0, 0.05) is 5.92 Å². The van der Waals surface area contributed by atoms with Crippen molar-refractivity contribution in [1.29, 1.82) is 0 Å². The van der Waals surface area contributed by atoms with E-state index < -0.39 is 29.9 Å². The molecule has 0 heterocycles. The molecule has 5 nitrogen and oxygen atoms in total. The zero-order valence-corrected chi connectivity index (χ0v) is 8.61. The first-order chi connectivity index (χ1) is 7.50. The summed E-state index contributed by atoms with van der Waals surface area (Å²) in [6.07, 6.45) is 3.04. The van der Waals surface area contributed by atoms with Crippen LogP contribution in [-0.2, 0) is 9.59 Å². The Labute approximate surface area is 92.4 Å². The highest BCUT2D eigenvalue weighted by Crippen LogP contribution is 2.49. The number of aliphatic carboxylic acids is 2. The van der Waals surface area contributed by atoms with Crippen LogP contribution in [0.25, 0.3) is 0 Å². The molecule has 3 N–H and O–H groups in total. The Hall–Kier alpha value is -1.36. The summed E-state index contributed by atoms with van der Waals surface area (Å²) >= 11 is 0. The number of carboxylic acids is 2. The maximum atomic E-state index is 11.1. The molecule has 5 unspecified atom stereocenters. The van der Waals surface area contributed by atoms with E-state index in [-0.39, 0.29) is 18.3 Å². The number of fused-ring (bicyclic) bond motifs is 2. The van der Waals surface area contributed by atoms with Gasteiger partial charge in [-0.05, 0) is 18.3 Å². The van der Waals surface area contributed by atoms with Crippen LogP contribution in [0.2, 0.25) is 0 Å². The minimum Gasteiger partial charge on any atom is -0.481 e. The van der Waals surface area contributed by atoms with Gasteiger partial charge in [0.25, 0.3) is 0 Å². The van der Waals surface area contributed by atoms with Gasteiger partial charge in [-0.25, -0.2) is 0 Å². The summed E-state index contributed by atoms with van der Waals surface area (Å²) in [5.74, 6) is -3.15. The average molecular weight is 226 g/mol. The summed E-state index contributed by atoms with van der Waals surface area (Å²) in [6, 6.07) is 0. The Kier molecular flexibility index (Phi) is 2.71. The number of carbonyl (C=O) groups is 2. The number of aliphatic hydroxyl groups excluding tert-OH is 1. The molecule has 2 aliphatic carbocycles. The van der Waals surface area contributed by atoms with Crippen LogP contribution in [0.4, 0.5) is 0 Å². The summed E-state index contributed by atoms with van der Waals surface area (Å²) < 4.78 is 0. The lowest BCUT2D eigenvalue weighted by atomic mass is 9.78. The van der Waals surface area contributed by atoms with Crippen LogP contribution in [0.15, 0.2) is 12.2 Å². The monoisotopic (exact) mass is 226 g/mol. The van der Waals surface area contributed by atoms with E-state index in [1.54, 1.807) is 0 Å². The lowest BCUT2D eigenvalue weighted by Crippen LogP contribution is -2.36. The van der Waals surface area contributed by atoms with E-state index in [1.165, 1.54) is 0 Å². The molecule has 88 valence electrons. The second kappa shape index (κ2) is 3.90. The second-order valence-electron chi connectivity index (χ2n) is 4.55. The van der Waals surface area contributed by atoms with E-state index in [4.69, 9.17) is 10.2 Å². The molecule has 1 fully saturated rings. The minimum absolute atomic E-state index is 0.0143. The predicted molar refractivity (Wildman–Crippen MR) is 53.6 cm³/mol. The van der Waals surface area contributed by atoms with Crippen molar-refractivity contribution in [3.05, 3.63) is 12.2 Å². The normalized spacial score (nSPS) is 37.6.